The van der Waals surface area contributed by atoms with Crippen LogP contribution in [0.1, 0.15) is 17.5 Å². The SMILES string of the molecule is COC(=O)C[C@@H]1NC[C@H](O)[C@H](OCc2ccccc2)[C@H]1OCc1ccccc1. The summed E-state index contributed by atoms with van der Waals surface area (Å²) in [6.07, 6.45) is -1.64. The van der Waals surface area contributed by atoms with Gasteiger partial charge < -0.3 is 24.6 Å². The number of carbonyl (C=O) groups is 1. The molecule has 0 amide bonds. The number of aliphatic hydroxyl groups is 1. The number of hydrogen-bond acceptors (Lipinski definition) is 6. The van der Waals surface area contributed by atoms with Crippen molar-refractivity contribution >= 4 is 5.97 Å². The molecule has 1 saturated heterocycles. The maximum absolute atomic E-state index is 11.8. The predicted octanol–water partition coefficient (Wildman–Crippen LogP) is 2.05. The molecule has 4 atom stereocenters. The molecule has 0 unspecified atom stereocenters. The van der Waals surface area contributed by atoms with Gasteiger partial charge in [-0.05, 0) is 11.1 Å². The van der Waals surface area contributed by atoms with E-state index < -0.39 is 18.3 Å². The lowest BCUT2D eigenvalue weighted by molar-refractivity contribution is -0.165. The maximum atomic E-state index is 11.8. The van der Waals surface area contributed by atoms with Crippen molar-refractivity contribution in [2.75, 3.05) is 13.7 Å². The number of β-amino-alcohol motifs (C(OH)–C–C–N with tert-alkyl or cyclic N) is 1. The number of methoxy groups -OCH3 is 1. The van der Waals surface area contributed by atoms with Crippen LogP contribution in [-0.2, 0) is 32.2 Å². The van der Waals surface area contributed by atoms with Gasteiger partial charge >= 0.3 is 5.97 Å². The van der Waals surface area contributed by atoms with E-state index in [1.807, 2.05) is 60.7 Å². The second-order valence-corrected chi connectivity index (χ2v) is 6.88. The Kier molecular flexibility index (Phi) is 7.56. The normalized spacial score (nSPS) is 24.6. The fraction of sp³-hybridized carbons (Fsp3) is 0.409. The molecule has 2 aromatic carbocycles. The van der Waals surface area contributed by atoms with Gasteiger partial charge in [0.15, 0.2) is 0 Å². The van der Waals surface area contributed by atoms with Gasteiger partial charge in [0.25, 0.3) is 0 Å². The first-order chi connectivity index (χ1) is 13.7. The number of benzene rings is 2. The summed E-state index contributed by atoms with van der Waals surface area (Å²) < 4.78 is 17.0. The van der Waals surface area contributed by atoms with E-state index >= 15 is 0 Å². The first-order valence-corrected chi connectivity index (χ1v) is 9.46. The second kappa shape index (κ2) is 10.3. The molecule has 28 heavy (non-hydrogen) atoms. The molecule has 0 bridgehead atoms. The van der Waals surface area contributed by atoms with E-state index in [2.05, 4.69) is 5.32 Å². The van der Waals surface area contributed by atoms with Crippen LogP contribution < -0.4 is 5.32 Å². The lowest BCUT2D eigenvalue weighted by Gasteiger charge is -2.41. The van der Waals surface area contributed by atoms with Gasteiger partial charge in [-0.2, -0.15) is 0 Å². The summed E-state index contributed by atoms with van der Waals surface area (Å²) in [6, 6.07) is 19.3. The summed E-state index contributed by atoms with van der Waals surface area (Å²) in [7, 11) is 1.36. The van der Waals surface area contributed by atoms with Gasteiger partial charge in [0.05, 0.1) is 32.8 Å². The zero-order chi connectivity index (χ0) is 19.8. The average Bonchev–Trinajstić information content (AvgIpc) is 2.74. The largest absolute Gasteiger partial charge is 0.469 e. The van der Waals surface area contributed by atoms with E-state index in [0.29, 0.717) is 19.8 Å². The Labute approximate surface area is 165 Å². The Morgan fingerprint density at radius 3 is 2.04 bits per heavy atom. The van der Waals surface area contributed by atoms with Crippen molar-refractivity contribution < 1.29 is 24.1 Å². The second-order valence-electron chi connectivity index (χ2n) is 6.88. The standard InChI is InChI=1S/C22H27NO5/c1-26-20(25)12-18-21(27-14-16-8-4-2-5-9-16)22(19(24)13-23-18)28-15-17-10-6-3-7-11-17/h2-11,18-19,21-24H,12-15H2,1H3/t18-,19-,21-,22-/m0/s1. The molecule has 1 heterocycles. The third-order valence-electron chi connectivity index (χ3n) is 4.87. The van der Waals surface area contributed by atoms with E-state index in [1.165, 1.54) is 7.11 Å². The van der Waals surface area contributed by atoms with Gasteiger partial charge in [0.2, 0.25) is 0 Å². The van der Waals surface area contributed by atoms with Crippen molar-refractivity contribution in [1.82, 2.24) is 5.32 Å². The van der Waals surface area contributed by atoms with E-state index in [4.69, 9.17) is 14.2 Å². The molecule has 2 N–H and O–H groups in total. The number of esters is 1. The Balaban J connectivity index is 1.72. The molecule has 2 aromatic rings. The summed E-state index contributed by atoms with van der Waals surface area (Å²) in [5.41, 5.74) is 2.03. The monoisotopic (exact) mass is 385 g/mol. The lowest BCUT2D eigenvalue weighted by Crippen LogP contribution is -2.61. The molecule has 150 valence electrons. The minimum Gasteiger partial charge on any atom is -0.469 e. The minimum atomic E-state index is -0.738. The molecule has 0 radical (unpaired) electrons. The highest BCUT2D eigenvalue weighted by Crippen LogP contribution is 2.23. The van der Waals surface area contributed by atoms with Gasteiger partial charge in [-0.1, -0.05) is 60.7 Å². The van der Waals surface area contributed by atoms with Crippen molar-refractivity contribution in [3.8, 4) is 0 Å². The Morgan fingerprint density at radius 1 is 0.964 bits per heavy atom. The van der Waals surface area contributed by atoms with E-state index in [0.717, 1.165) is 11.1 Å². The molecule has 6 heteroatoms. The molecular formula is C22H27NO5. The van der Waals surface area contributed by atoms with Crippen LogP contribution in [0.2, 0.25) is 0 Å². The molecule has 1 aliphatic heterocycles. The van der Waals surface area contributed by atoms with Gasteiger partial charge in [-0.25, -0.2) is 0 Å². The molecule has 0 saturated carbocycles. The zero-order valence-electron chi connectivity index (χ0n) is 16.0. The first-order valence-electron chi connectivity index (χ1n) is 9.46. The number of hydrogen-bond donors (Lipinski definition) is 2. The van der Waals surface area contributed by atoms with Crippen LogP contribution in [0.3, 0.4) is 0 Å². The number of rotatable bonds is 8. The molecule has 3 rings (SSSR count). The van der Waals surface area contributed by atoms with E-state index in [9.17, 15) is 9.90 Å². The number of piperidine rings is 1. The van der Waals surface area contributed by atoms with Crippen molar-refractivity contribution in [2.45, 2.75) is 44.0 Å². The maximum Gasteiger partial charge on any atom is 0.307 e. The summed E-state index contributed by atoms with van der Waals surface area (Å²) in [5.74, 6) is -0.330. The number of ether oxygens (including phenoxy) is 3. The molecule has 0 aliphatic carbocycles. The quantitative estimate of drug-likeness (QED) is 0.678. The van der Waals surface area contributed by atoms with Crippen LogP contribution in [0.5, 0.6) is 0 Å². The number of aliphatic hydroxyl groups excluding tert-OH is 1. The molecule has 6 nitrogen and oxygen atoms in total. The fourth-order valence-corrected chi connectivity index (χ4v) is 3.35. The molecule has 0 spiro atoms. The fourth-order valence-electron chi connectivity index (χ4n) is 3.35. The minimum absolute atomic E-state index is 0.147. The van der Waals surface area contributed by atoms with Crippen LogP contribution in [0.25, 0.3) is 0 Å². The highest BCUT2D eigenvalue weighted by atomic mass is 16.6. The summed E-state index contributed by atoms with van der Waals surface area (Å²) >= 11 is 0. The van der Waals surface area contributed by atoms with Crippen molar-refractivity contribution in [2.24, 2.45) is 0 Å². The van der Waals surface area contributed by atoms with Gasteiger partial charge in [0, 0.05) is 12.6 Å². The highest BCUT2D eigenvalue weighted by Gasteiger charge is 2.41. The van der Waals surface area contributed by atoms with Crippen LogP contribution >= 0.6 is 0 Å². The third-order valence-corrected chi connectivity index (χ3v) is 4.87. The molecular weight excluding hydrogens is 358 g/mol. The Hall–Kier alpha value is -2.25. The van der Waals surface area contributed by atoms with Gasteiger partial charge in [-0.3, -0.25) is 4.79 Å². The number of carbonyl (C=O) groups excluding carboxylic acids is 1. The van der Waals surface area contributed by atoms with E-state index in [-0.39, 0.29) is 18.4 Å². The predicted molar refractivity (Wildman–Crippen MR) is 104 cm³/mol. The van der Waals surface area contributed by atoms with Crippen LogP contribution in [0.15, 0.2) is 60.7 Å². The molecule has 0 aromatic heterocycles. The topological polar surface area (TPSA) is 77.0 Å². The van der Waals surface area contributed by atoms with Crippen molar-refractivity contribution in [3.05, 3.63) is 71.8 Å². The lowest BCUT2D eigenvalue weighted by atomic mass is 9.93. The smallest absolute Gasteiger partial charge is 0.307 e. The van der Waals surface area contributed by atoms with Gasteiger partial charge in [0.1, 0.15) is 12.2 Å². The third kappa shape index (κ3) is 5.62. The van der Waals surface area contributed by atoms with Gasteiger partial charge in [-0.15, -0.1) is 0 Å². The van der Waals surface area contributed by atoms with Crippen LogP contribution in [-0.4, -0.2) is 49.1 Å². The Morgan fingerprint density at radius 2 is 1.50 bits per heavy atom. The molecule has 1 fully saturated rings. The average molecular weight is 385 g/mol. The Bertz CT molecular complexity index is 724. The zero-order valence-corrected chi connectivity index (χ0v) is 16.0. The highest BCUT2D eigenvalue weighted by molar-refractivity contribution is 5.70. The summed E-state index contributed by atoms with van der Waals surface area (Å²) in [6.45, 7) is 1.05. The van der Waals surface area contributed by atoms with Crippen LogP contribution in [0.4, 0.5) is 0 Å². The summed E-state index contributed by atoms with van der Waals surface area (Å²) in [4.78, 5) is 11.8. The van der Waals surface area contributed by atoms with E-state index in [1.54, 1.807) is 0 Å². The van der Waals surface area contributed by atoms with Crippen molar-refractivity contribution in [3.63, 3.8) is 0 Å². The van der Waals surface area contributed by atoms with Crippen molar-refractivity contribution in [1.29, 1.82) is 0 Å². The first kappa shape index (κ1) is 20.5. The molecule has 1 aliphatic rings. The summed E-state index contributed by atoms with van der Waals surface area (Å²) in [5, 5.41) is 13.7. The van der Waals surface area contributed by atoms with Crippen LogP contribution in [0, 0.1) is 0 Å². The number of nitrogens with one attached hydrogen (secondary N) is 1.